The van der Waals surface area contributed by atoms with Crippen molar-refractivity contribution in [3.8, 4) is 0 Å². The van der Waals surface area contributed by atoms with Gasteiger partial charge in [-0.05, 0) is 48.0 Å². The Balaban J connectivity index is 2.49. The Morgan fingerprint density at radius 2 is 2.25 bits per heavy atom. The summed E-state index contributed by atoms with van der Waals surface area (Å²) in [5, 5.41) is 4.30. The van der Waals surface area contributed by atoms with E-state index in [4.69, 9.17) is 16.3 Å². The molecule has 1 unspecified atom stereocenters. The Kier molecular flexibility index (Phi) is 10.2. The van der Waals surface area contributed by atoms with Crippen LogP contribution in [0.1, 0.15) is 31.2 Å². The number of methoxy groups -OCH3 is 1. The summed E-state index contributed by atoms with van der Waals surface area (Å²) >= 11 is 8.13. The maximum atomic E-state index is 6.11. The van der Waals surface area contributed by atoms with Gasteiger partial charge in [0.1, 0.15) is 0 Å². The molecular formula is C16H26ClNOS. The van der Waals surface area contributed by atoms with Gasteiger partial charge in [0.15, 0.2) is 0 Å². The number of benzene rings is 1. The van der Waals surface area contributed by atoms with E-state index >= 15 is 0 Å². The first-order chi connectivity index (χ1) is 9.77. The first-order valence-corrected chi connectivity index (χ1v) is 8.84. The molecule has 2 nitrogen and oxygen atoms in total. The molecule has 0 aliphatic carbocycles. The summed E-state index contributed by atoms with van der Waals surface area (Å²) in [6.07, 6.45) is 2.45. The number of hydrogen-bond acceptors (Lipinski definition) is 3. The molecule has 0 aliphatic heterocycles. The fourth-order valence-electron chi connectivity index (χ4n) is 2.17. The van der Waals surface area contributed by atoms with E-state index in [1.165, 1.54) is 29.9 Å². The van der Waals surface area contributed by atoms with Crippen LogP contribution in [-0.2, 0) is 4.74 Å². The van der Waals surface area contributed by atoms with Crippen molar-refractivity contribution in [1.82, 2.24) is 5.32 Å². The third-order valence-corrected chi connectivity index (χ3v) is 4.46. The Morgan fingerprint density at radius 3 is 2.95 bits per heavy atom. The van der Waals surface area contributed by atoms with Crippen LogP contribution in [-0.4, -0.2) is 38.3 Å². The smallest absolute Gasteiger partial charge is 0.0587 e. The lowest BCUT2D eigenvalue weighted by Crippen LogP contribution is -2.25. The van der Waals surface area contributed by atoms with Gasteiger partial charge in [0, 0.05) is 25.2 Å². The number of rotatable bonds is 11. The van der Waals surface area contributed by atoms with Gasteiger partial charge in [0.2, 0.25) is 0 Å². The van der Waals surface area contributed by atoms with E-state index in [0.29, 0.717) is 5.92 Å². The first-order valence-electron chi connectivity index (χ1n) is 7.30. The predicted octanol–water partition coefficient (Wildman–Crippen LogP) is 4.19. The second-order valence-electron chi connectivity index (χ2n) is 4.79. The number of ether oxygens (including phenoxy) is 1. The molecule has 0 bridgehead atoms. The predicted molar refractivity (Wildman–Crippen MR) is 91.2 cm³/mol. The molecule has 0 aliphatic rings. The van der Waals surface area contributed by atoms with E-state index in [1.807, 2.05) is 23.9 Å². The van der Waals surface area contributed by atoms with Gasteiger partial charge in [-0.25, -0.2) is 0 Å². The van der Waals surface area contributed by atoms with Crippen molar-refractivity contribution in [2.24, 2.45) is 0 Å². The van der Waals surface area contributed by atoms with Crippen molar-refractivity contribution in [3.63, 3.8) is 0 Å². The molecular weight excluding hydrogens is 290 g/mol. The molecule has 20 heavy (non-hydrogen) atoms. The Labute approximate surface area is 132 Å². The summed E-state index contributed by atoms with van der Waals surface area (Å²) in [6.45, 7) is 4.86. The van der Waals surface area contributed by atoms with Crippen molar-refractivity contribution in [2.45, 2.75) is 25.7 Å². The average molecular weight is 316 g/mol. The third kappa shape index (κ3) is 7.53. The van der Waals surface area contributed by atoms with E-state index in [-0.39, 0.29) is 0 Å². The monoisotopic (exact) mass is 315 g/mol. The lowest BCUT2D eigenvalue weighted by atomic mass is 9.94. The number of halogens is 1. The van der Waals surface area contributed by atoms with Gasteiger partial charge in [-0.2, -0.15) is 11.8 Å². The second kappa shape index (κ2) is 11.4. The highest BCUT2D eigenvalue weighted by molar-refractivity contribution is 7.99. The van der Waals surface area contributed by atoms with Gasteiger partial charge in [0.25, 0.3) is 0 Å². The fourth-order valence-corrected chi connectivity index (χ4v) is 3.03. The second-order valence-corrected chi connectivity index (χ2v) is 6.62. The van der Waals surface area contributed by atoms with Crippen molar-refractivity contribution >= 4 is 23.4 Å². The van der Waals surface area contributed by atoms with Gasteiger partial charge in [-0.15, -0.1) is 0 Å². The Hall–Kier alpha value is -0.220. The molecule has 1 N–H and O–H groups in total. The highest BCUT2D eigenvalue weighted by Crippen LogP contribution is 2.24. The molecule has 4 heteroatoms. The molecule has 0 fully saturated rings. The molecule has 114 valence electrons. The zero-order valence-electron chi connectivity index (χ0n) is 12.5. The van der Waals surface area contributed by atoms with E-state index < -0.39 is 0 Å². The molecule has 0 heterocycles. The van der Waals surface area contributed by atoms with Crippen LogP contribution in [0.2, 0.25) is 5.02 Å². The standard InChI is InChI=1S/C16H26ClNOS/c1-3-20-11-5-7-15(13-18-9-10-19-2)14-6-4-8-16(17)12-14/h4,6,8,12,15,18H,3,5,7,9-11,13H2,1-2H3. The van der Waals surface area contributed by atoms with E-state index in [2.05, 4.69) is 24.4 Å². The SMILES string of the molecule is CCSCCCC(CNCCOC)c1cccc(Cl)c1. The van der Waals surface area contributed by atoms with Gasteiger partial charge >= 0.3 is 0 Å². The maximum Gasteiger partial charge on any atom is 0.0587 e. The van der Waals surface area contributed by atoms with E-state index in [0.717, 1.165) is 24.7 Å². The maximum absolute atomic E-state index is 6.11. The molecule has 1 aromatic carbocycles. The minimum atomic E-state index is 0.531. The minimum Gasteiger partial charge on any atom is -0.383 e. The molecule has 0 amide bonds. The highest BCUT2D eigenvalue weighted by Gasteiger charge is 2.11. The van der Waals surface area contributed by atoms with E-state index in [9.17, 15) is 0 Å². The Morgan fingerprint density at radius 1 is 1.40 bits per heavy atom. The number of hydrogen-bond donors (Lipinski definition) is 1. The van der Waals surface area contributed by atoms with Gasteiger partial charge in [0.05, 0.1) is 6.61 Å². The third-order valence-electron chi connectivity index (χ3n) is 3.24. The quantitative estimate of drug-likeness (QED) is 0.619. The van der Waals surface area contributed by atoms with Crippen LogP contribution in [0.5, 0.6) is 0 Å². The molecule has 1 atom stereocenters. The van der Waals surface area contributed by atoms with Crippen LogP contribution in [0.4, 0.5) is 0 Å². The number of nitrogens with one attached hydrogen (secondary N) is 1. The van der Waals surface area contributed by atoms with Crippen molar-refractivity contribution < 1.29 is 4.74 Å². The summed E-state index contributed by atoms with van der Waals surface area (Å²) in [5.41, 5.74) is 1.34. The van der Waals surface area contributed by atoms with Crippen LogP contribution in [0.15, 0.2) is 24.3 Å². The van der Waals surface area contributed by atoms with Gasteiger partial charge < -0.3 is 10.1 Å². The normalized spacial score (nSPS) is 12.6. The lowest BCUT2D eigenvalue weighted by Gasteiger charge is -2.18. The summed E-state index contributed by atoms with van der Waals surface area (Å²) in [4.78, 5) is 0. The topological polar surface area (TPSA) is 21.3 Å². The molecule has 0 spiro atoms. The summed E-state index contributed by atoms with van der Waals surface area (Å²) in [7, 11) is 1.73. The van der Waals surface area contributed by atoms with Crippen molar-refractivity contribution in [3.05, 3.63) is 34.9 Å². The van der Waals surface area contributed by atoms with Crippen LogP contribution in [0, 0.1) is 0 Å². The first kappa shape index (κ1) is 17.8. The molecule has 0 aromatic heterocycles. The molecule has 0 saturated carbocycles. The average Bonchev–Trinajstić information content (AvgIpc) is 2.45. The number of thioether (sulfide) groups is 1. The van der Waals surface area contributed by atoms with Crippen LogP contribution in [0.25, 0.3) is 0 Å². The van der Waals surface area contributed by atoms with Crippen molar-refractivity contribution in [2.75, 3.05) is 38.3 Å². The zero-order chi connectivity index (χ0) is 14.6. The Bertz CT molecular complexity index is 350. The zero-order valence-corrected chi connectivity index (χ0v) is 14.1. The molecule has 0 saturated heterocycles. The van der Waals surface area contributed by atoms with Gasteiger partial charge in [-0.1, -0.05) is 30.7 Å². The summed E-state index contributed by atoms with van der Waals surface area (Å²) in [5.74, 6) is 2.97. The summed E-state index contributed by atoms with van der Waals surface area (Å²) < 4.78 is 5.07. The molecule has 0 radical (unpaired) electrons. The highest BCUT2D eigenvalue weighted by atomic mass is 35.5. The fraction of sp³-hybridized carbons (Fsp3) is 0.625. The largest absolute Gasteiger partial charge is 0.383 e. The van der Waals surface area contributed by atoms with E-state index in [1.54, 1.807) is 7.11 Å². The molecule has 1 rings (SSSR count). The molecule has 1 aromatic rings. The minimum absolute atomic E-state index is 0.531. The van der Waals surface area contributed by atoms with Crippen LogP contribution >= 0.6 is 23.4 Å². The van der Waals surface area contributed by atoms with Crippen LogP contribution < -0.4 is 5.32 Å². The summed E-state index contributed by atoms with van der Waals surface area (Å²) in [6, 6.07) is 8.26. The lowest BCUT2D eigenvalue weighted by molar-refractivity contribution is 0.198. The van der Waals surface area contributed by atoms with Crippen molar-refractivity contribution in [1.29, 1.82) is 0 Å². The van der Waals surface area contributed by atoms with Gasteiger partial charge in [-0.3, -0.25) is 0 Å². The van der Waals surface area contributed by atoms with Crippen LogP contribution in [0.3, 0.4) is 0 Å².